The van der Waals surface area contributed by atoms with Crippen LogP contribution >= 0.6 is 15.9 Å². The van der Waals surface area contributed by atoms with Crippen molar-refractivity contribution in [2.75, 3.05) is 20.2 Å². The Morgan fingerprint density at radius 1 is 1.71 bits per heavy atom. The highest BCUT2D eigenvalue weighted by atomic mass is 79.9. The summed E-state index contributed by atoms with van der Waals surface area (Å²) >= 11 is 3.25. The average Bonchev–Trinajstić information content (AvgIpc) is 2.15. The van der Waals surface area contributed by atoms with Gasteiger partial charge in [-0.1, -0.05) is 15.9 Å². The first-order chi connectivity index (χ1) is 6.57. The van der Waals surface area contributed by atoms with E-state index in [9.17, 15) is 9.59 Å². The topological polar surface area (TPSA) is 46.6 Å². The molecular weight excluding hydrogens is 250 g/mol. The molecule has 0 aromatic carbocycles. The number of nitrogens with zero attached hydrogens (tertiary/aromatic N) is 1. The minimum atomic E-state index is -0.587. The number of hydrogen-bond acceptors (Lipinski definition) is 4. The van der Waals surface area contributed by atoms with Crippen molar-refractivity contribution in [1.82, 2.24) is 4.90 Å². The molecule has 0 amide bonds. The summed E-state index contributed by atoms with van der Waals surface area (Å²) in [6, 6.07) is 0. The Balaban J connectivity index is 2.63. The molecule has 5 heteroatoms. The van der Waals surface area contributed by atoms with Gasteiger partial charge in [0, 0.05) is 6.54 Å². The molecule has 0 saturated carbocycles. The highest BCUT2D eigenvalue weighted by Crippen LogP contribution is 2.22. The molecule has 1 aliphatic heterocycles. The molecule has 0 radical (unpaired) electrons. The molecule has 1 saturated heterocycles. The second-order valence-corrected chi connectivity index (χ2v) is 4.18. The number of ketones is 1. The number of ether oxygens (including phenoxy) is 1. The van der Waals surface area contributed by atoms with E-state index in [4.69, 9.17) is 4.74 Å². The Labute approximate surface area is 91.7 Å². The van der Waals surface area contributed by atoms with Crippen molar-refractivity contribution in [3.05, 3.63) is 0 Å². The number of hydrogen-bond donors (Lipinski definition) is 0. The van der Waals surface area contributed by atoms with Crippen LogP contribution in [0.25, 0.3) is 0 Å². The number of esters is 1. The third-order valence-corrected chi connectivity index (χ3v) is 3.46. The van der Waals surface area contributed by atoms with Crippen LogP contribution in [-0.4, -0.2) is 41.8 Å². The van der Waals surface area contributed by atoms with Crippen LogP contribution in [0.5, 0.6) is 0 Å². The van der Waals surface area contributed by atoms with Crippen LogP contribution in [0.15, 0.2) is 0 Å². The molecule has 0 spiro atoms. The maximum atomic E-state index is 11.7. The Morgan fingerprint density at radius 3 is 2.93 bits per heavy atom. The van der Waals surface area contributed by atoms with E-state index in [-0.39, 0.29) is 10.7 Å². The fraction of sp³-hybridized carbons (Fsp3) is 0.778. The first-order valence-corrected chi connectivity index (χ1v) is 5.54. The standard InChI is InChI=1S/C9H14BrNO3/c1-3-14-9(13)6-4-5-11(2)8(10)7(6)12/h6,8H,3-5H2,1-2H3. The van der Waals surface area contributed by atoms with E-state index in [0.29, 0.717) is 13.0 Å². The number of Topliss-reactive ketones (excluding diaryl/α,β-unsaturated/α-hetero) is 1. The van der Waals surface area contributed by atoms with E-state index in [2.05, 4.69) is 15.9 Å². The maximum absolute atomic E-state index is 11.7. The van der Waals surface area contributed by atoms with E-state index < -0.39 is 11.9 Å². The lowest BCUT2D eigenvalue weighted by Crippen LogP contribution is -2.47. The molecule has 0 aromatic heterocycles. The summed E-state index contributed by atoms with van der Waals surface area (Å²) in [5.74, 6) is -1.08. The first-order valence-electron chi connectivity index (χ1n) is 4.62. The molecule has 2 unspecified atom stereocenters. The van der Waals surface area contributed by atoms with Crippen molar-refractivity contribution >= 4 is 27.7 Å². The lowest BCUT2D eigenvalue weighted by atomic mass is 9.96. The Kier molecular flexibility index (Phi) is 4.07. The third-order valence-electron chi connectivity index (χ3n) is 2.31. The van der Waals surface area contributed by atoms with Crippen molar-refractivity contribution in [3.63, 3.8) is 0 Å². The van der Waals surface area contributed by atoms with Crippen LogP contribution in [0.4, 0.5) is 0 Å². The van der Waals surface area contributed by atoms with E-state index >= 15 is 0 Å². The van der Waals surface area contributed by atoms with Crippen LogP contribution in [0.2, 0.25) is 0 Å². The molecule has 1 aliphatic rings. The Hall–Kier alpha value is -0.420. The largest absolute Gasteiger partial charge is 0.465 e. The molecule has 1 fully saturated rings. The van der Waals surface area contributed by atoms with Gasteiger partial charge in [-0.3, -0.25) is 14.5 Å². The minimum Gasteiger partial charge on any atom is -0.465 e. The Bertz CT molecular complexity index is 244. The lowest BCUT2D eigenvalue weighted by Gasteiger charge is -2.31. The number of halogens is 1. The highest BCUT2D eigenvalue weighted by molar-refractivity contribution is 9.09. The number of likely N-dealkylation sites (N-methyl/N-ethyl adjacent to an activating group) is 1. The van der Waals surface area contributed by atoms with Gasteiger partial charge in [0.15, 0.2) is 5.78 Å². The summed E-state index contributed by atoms with van der Waals surface area (Å²) in [5, 5.41) is 0. The van der Waals surface area contributed by atoms with Crippen molar-refractivity contribution in [1.29, 1.82) is 0 Å². The minimum absolute atomic E-state index is 0.0998. The molecule has 0 bridgehead atoms. The average molecular weight is 264 g/mol. The predicted molar refractivity (Wildman–Crippen MR) is 55.1 cm³/mol. The van der Waals surface area contributed by atoms with Crippen LogP contribution in [0.1, 0.15) is 13.3 Å². The quantitative estimate of drug-likeness (QED) is 0.320. The summed E-state index contributed by atoms with van der Waals surface area (Å²) in [6.45, 7) is 2.79. The summed E-state index contributed by atoms with van der Waals surface area (Å²) in [4.78, 5) is 24.6. The van der Waals surface area contributed by atoms with E-state index in [1.807, 2.05) is 11.9 Å². The van der Waals surface area contributed by atoms with Gasteiger partial charge in [0.2, 0.25) is 0 Å². The molecule has 4 nitrogen and oxygen atoms in total. The summed E-state index contributed by atoms with van der Waals surface area (Å²) < 4.78 is 4.84. The summed E-state index contributed by atoms with van der Waals surface area (Å²) in [7, 11) is 1.85. The number of likely N-dealkylation sites (tertiary alicyclic amines) is 1. The second kappa shape index (κ2) is 4.89. The maximum Gasteiger partial charge on any atom is 0.316 e. The Morgan fingerprint density at radius 2 is 2.36 bits per heavy atom. The van der Waals surface area contributed by atoms with Crippen LogP contribution in [-0.2, 0) is 14.3 Å². The number of rotatable bonds is 2. The molecule has 0 aromatic rings. The molecule has 1 heterocycles. The molecule has 0 N–H and O–H groups in total. The smallest absolute Gasteiger partial charge is 0.316 e. The first kappa shape index (κ1) is 11.7. The molecule has 14 heavy (non-hydrogen) atoms. The van der Waals surface area contributed by atoms with Gasteiger partial charge in [-0.2, -0.15) is 0 Å². The number of alkyl halides is 1. The van der Waals surface area contributed by atoms with Gasteiger partial charge in [-0.15, -0.1) is 0 Å². The molecule has 80 valence electrons. The van der Waals surface area contributed by atoms with Gasteiger partial charge in [0.1, 0.15) is 10.9 Å². The van der Waals surface area contributed by atoms with Gasteiger partial charge in [-0.25, -0.2) is 0 Å². The SMILES string of the molecule is CCOC(=O)C1CCN(C)C(Br)C1=O. The van der Waals surface area contributed by atoms with Crippen molar-refractivity contribution < 1.29 is 14.3 Å². The molecular formula is C9H14BrNO3. The van der Waals surface area contributed by atoms with E-state index in [1.165, 1.54) is 0 Å². The lowest BCUT2D eigenvalue weighted by molar-refractivity contribution is -0.153. The van der Waals surface area contributed by atoms with Crippen LogP contribution < -0.4 is 0 Å². The second-order valence-electron chi connectivity index (χ2n) is 3.31. The zero-order valence-corrected chi connectivity index (χ0v) is 9.91. The van der Waals surface area contributed by atoms with Gasteiger partial charge in [-0.05, 0) is 20.4 Å². The number of carbonyl (C=O) groups excluding carboxylic acids is 2. The monoisotopic (exact) mass is 263 g/mol. The molecule has 0 aliphatic carbocycles. The number of carbonyl (C=O) groups is 2. The van der Waals surface area contributed by atoms with E-state index in [0.717, 1.165) is 6.54 Å². The van der Waals surface area contributed by atoms with Crippen LogP contribution in [0.3, 0.4) is 0 Å². The summed E-state index contributed by atoms with van der Waals surface area (Å²) in [6.07, 6.45) is 0.552. The predicted octanol–water partition coefficient (Wildman–Crippen LogP) is 0.791. The third kappa shape index (κ3) is 2.33. The highest BCUT2D eigenvalue weighted by Gasteiger charge is 2.38. The van der Waals surface area contributed by atoms with Crippen molar-refractivity contribution in [2.45, 2.75) is 18.3 Å². The van der Waals surface area contributed by atoms with Crippen molar-refractivity contribution in [2.24, 2.45) is 5.92 Å². The zero-order valence-electron chi connectivity index (χ0n) is 8.33. The number of piperidine rings is 1. The van der Waals surface area contributed by atoms with Crippen LogP contribution in [0, 0.1) is 5.92 Å². The van der Waals surface area contributed by atoms with Gasteiger partial charge in [0.25, 0.3) is 0 Å². The van der Waals surface area contributed by atoms with Gasteiger partial charge >= 0.3 is 5.97 Å². The fourth-order valence-electron chi connectivity index (χ4n) is 1.45. The summed E-state index contributed by atoms with van der Waals surface area (Å²) in [5.41, 5.74) is 0. The zero-order chi connectivity index (χ0) is 10.7. The van der Waals surface area contributed by atoms with E-state index in [1.54, 1.807) is 6.92 Å². The van der Waals surface area contributed by atoms with Crippen molar-refractivity contribution in [3.8, 4) is 0 Å². The van der Waals surface area contributed by atoms with Gasteiger partial charge < -0.3 is 4.74 Å². The molecule has 1 rings (SSSR count). The molecule has 2 atom stereocenters. The van der Waals surface area contributed by atoms with Gasteiger partial charge in [0.05, 0.1) is 6.61 Å². The normalized spacial score (nSPS) is 28.9. The fourth-order valence-corrected chi connectivity index (χ4v) is 1.97.